The van der Waals surface area contributed by atoms with Crippen molar-refractivity contribution in [2.75, 3.05) is 13.1 Å². The predicted molar refractivity (Wildman–Crippen MR) is 99.0 cm³/mol. The fraction of sp³-hybridized carbons (Fsp3) is 0.556. The molecule has 1 fully saturated rings. The fourth-order valence-corrected chi connectivity index (χ4v) is 5.17. The lowest BCUT2D eigenvalue weighted by Crippen LogP contribution is -2.43. The molecule has 0 saturated carbocycles. The number of hydrogen-bond donors (Lipinski definition) is 1. The van der Waals surface area contributed by atoms with Gasteiger partial charge >= 0.3 is 0 Å². The summed E-state index contributed by atoms with van der Waals surface area (Å²) in [6.45, 7) is 1.00. The van der Waals surface area contributed by atoms with Crippen LogP contribution >= 0.6 is 11.3 Å². The molecule has 0 atom stereocenters. The normalized spacial score (nSPS) is 18.1. The van der Waals surface area contributed by atoms with Crippen molar-refractivity contribution in [1.82, 2.24) is 14.5 Å². The van der Waals surface area contributed by atoms with Crippen LogP contribution in [0.3, 0.4) is 0 Å². The zero-order chi connectivity index (χ0) is 18.3. The van der Waals surface area contributed by atoms with Crippen molar-refractivity contribution in [2.45, 2.75) is 45.1 Å². The lowest BCUT2D eigenvalue weighted by atomic mass is 9.96. The van der Waals surface area contributed by atoms with Gasteiger partial charge in [-0.15, -0.1) is 11.3 Å². The molecule has 0 unspecified atom stereocenters. The van der Waals surface area contributed by atoms with Crippen molar-refractivity contribution < 1.29 is 9.59 Å². The Balaban J connectivity index is 1.54. The Hall–Kier alpha value is -2.22. The van der Waals surface area contributed by atoms with E-state index in [0.717, 1.165) is 36.1 Å². The third kappa shape index (κ3) is 3.02. The van der Waals surface area contributed by atoms with E-state index in [1.54, 1.807) is 16.2 Å². The number of amides is 2. The molecule has 1 aliphatic heterocycles. The van der Waals surface area contributed by atoms with Gasteiger partial charge in [0.25, 0.3) is 5.56 Å². The predicted octanol–water partition coefficient (Wildman–Crippen LogP) is 1.06. The molecule has 2 aromatic heterocycles. The number of likely N-dealkylation sites (tertiary alicyclic amines) is 1. The van der Waals surface area contributed by atoms with Crippen LogP contribution in [-0.2, 0) is 29.0 Å². The van der Waals surface area contributed by atoms with Gasteiger partial charge in [-0.2, -0.15) is 0 Å². The van der Waals surface area contributed by atoms with Gasteiger partial charge in [-0.1, -0.05) is 0 Å². The number of hydrogen-bond acceptors (Lipinski definition) is 5. The summed E-state index contributed by atoms with van der Waals surface area (Å²) in [5, 5.41) is 0.701. The van der Waals surface area contributed by atoms with E-state index in [9.17, 15) is 14.4 Å². The molecule has 3 heterocycles. The second-order valence-electron chi connectivity index (χ2n) is 7.13. The summed E-state index contributed by atoms with van der Waals surface area (Å²) in [4.78, 5) is 44.9. The maximum absolute atomic E-state index is 12.9. The molecule has 1 saturated heterocycles. The lowest BCUT2D eigenvalue weighted by molar-refractivity contribution is -0.135. The fourth-order valence-electron chi connectivity index (χ4n) is 3.95. The number of nitrogens with two attached hydrogens (primary N) is 1. The van der Waals surface area contributed by atoms with E-state index in [1.165, 1.54) is 15.8 Å². The van der Waals surface area contributed by atoms with Gasteiger partial charge in [0.1, 0.15) is 11.4 Å². The van der Waals surface area contributed by atoms with Crippen LogP contribution in [0, 0.1) is 5.92 Å². The van der Waals surface area contributed by atoms with Crippen molar-refractivity contribution in [1.29, 1.82) is 0 Å². The number of primary amides is 1. The first-order chi connectivity index (χ1) is 12.5. The molecule has 2 amide bonds. The third-order valence-corrected chi connectivity index (χ3v) is 6.70. The average molecular weight is 374 g/mol. The molecule has 0 bridgehead atoms. The van der Waals surface area contributed by atoms with Gasteiger partial charge in [0.2, 0.25) is 11.8 Å². The molecular weight excluding hydrogens is 352 g/mol. The summed E-state index contributed by atoms with van der Waals surface area (Å²) in [5.74, 6) is -0.567. The number of aryl methyl sites for hydroxylation is 2. The number of rotatable bonds is 3. The number of nitrogens with zero attached hydrogens (tertiary/aromatic N) is 3. The molecule has 2 aromatic rings. The van der Waals surface area contributed by atoms with Crippen molar-refractivity contribution in [2.24, 2.45) is 11.7 Å². The highest BCUT2D eigenvalue weighted by Crippen LogP contribution is 2.33. The van der Waals surface area contributed by atoms with Gasteiger partial charge in [-0.25, -0.2) is 4.98 Å². The van der Waals surface area contributed by atoms with Gasteiger partial charge in [-0.05, 0) is 44.1 Å². The molecular formula is C18H22N4O3S. The lowest BCUT2D eigenvalue weighted by Gasteiger charge is -2.30. The standard InChI is InChI=1S/C18H22N4O3S/c19-16(24)11-5-7-21(8-6-11)14(23)9-22-10-20-17-15(18(22)25)12-3-1-2-4-13(12)26-17/h10-11H,1-9H2,(H2,19,24). The summed E-state index contributed by atoms with van der Waals surface area (Å²) in [7, 11) is 0. The maximum Gasteiger partial charge on any atom is 0.262 e. The minimum Gasteiger partial charge on any atom is -0.369 e. The minimum atomic E-state index is -0.301. The Morgan fingerprint density at radius 2 is 1.96 bits per heavy atom. The zero-order valence-corrected chi connectivity index (χ0v) is 15.4. The van der Waals surface area contributed by atoms with Crippen LogP contribution in [0.25, 0.3) is 10.2 Å². The van der Waals surface area contributed by atoms with E-state index in [4.69, 9.17) is 5.73 Å². The van der Waals surface area contributed by atoms with Gasteiger partial charge in [0, 0.05) is 23.9 Å². The van der Waals surface area contributed by atoms with E-state index in [1.807, 2.05) is 0 Å². The Morgan fingerprint density at radius 3 is 2.69 bits per heavy atom. The maximum atomic E-state index is 12.9. The first-order valence-corrected chi connectivity index (χ1v) is 9.93. The van der Waals surface area contributed by atoms with Gasteiger partial charge in [-0.3, -0.25) is 19.0 Å². The SMILES string of the molecule is NC(=O)C1CCN(C(=O)Cn2cnc3sc4c(c3c2=O)CCCC4)CC1. The number of fused-ring (bicyclic) bond motifs is 3. The molecule has 0 aromatic carbocycles. The summed E-state index contributed by atoms with van der Waals surface area (Å²) < 4.78 is 1.42. The topological polar surface area (TPSA) is 98.3 Å². The Morgan fingerprint density at radius 1 is 1.23 bits per heavy atom. The van der Waals surface area contributed by atoms with Crippen LogP contribution < -0.4 is 11.3 Å². The smallest absolute Gasteiger partial charge is 0.262 e. The first kappa shape index (κ1) is 17.2. The summed E-state index contributed by atoms with van der Waals surface area (Å²) in [6, 6.07) is 0. The zero-order valence-electron chi connectivity index (χ0n) is 14.6. The number of thiophene rings is 1. The number of aromatic nitrogens is 2. The molecule has 0 spiro atoms. The highest BCUT2D eigenvalue weighted by Gasteiger charge is 2.26. The van der Waals surface area contributed by atoms with Crippen LogP contribution in [-0.4, -0.2) is 39.4 Å². The Labute approximate surface area is 154 Å². The summed E-state index contributed by atoms with van der Waals surface area (Å²) in [6.07, 6.45) is 6.86. The molecule has 7 nitrogen and oxygen atoms in total. The largest absolute Gasteiger partial charge is 0.369 e. The highest BCUT2D eigenvalue weighted by molar-refractivity contribution is 7.18. The van der Waals surface area contributed by atoms with Gasteiger partial charge in [0.05, 0.1) is 11.7 Å². The molecule has 2 aliphatic rings. The number of piperidine rings is 1. The van der Waals surface area contributed by atoms with Crippen LogP contribution in [0.4, 0.5) is 0 Å². The quantitative estimate of drug-likeness (QED) is 0.868. The van der Waals surface area contributed by atoms with E-state index in [-0.39, 0.29) is 29.8 Å². The van der Waals surface area contributed by atoms with Gasteiger partial charge in [0.15, 0.2) is 0 Å². The van der Waals surface area contributed by atoms with Crippen molar-refractivity contribution in [3.05, 3.63) is 27.1 Å². The van der Waals surface area contributed by atoms with E-state index >= 15 is 0 Å². The van der Waals surface area contributed by atoms with Crippen molar-refractivity contribution >= 4 is 33.4 Å². The summed E-state index contributed by atoms with van der Waals surface area (Å²) >= 11 is 1.61. The first-order valence-electron chi connectivity index (χ1n) is 9.11. The second-order valence-corrected chi connectivity index (χ2v) is 8.21. The van der Waals surface area contributed by atoms with E-state index in [0.29, 0.717) is 31.3 Å². The Bertz CT molecular complexity index is 924. The molecule has 138 valence electrons. The third-order valence-electron chi connectivity index (χ3n) is 5.50. The molecule has 4 rings (SSSR count). The highest BCUT2D eigenvalue weighted by atomic mass is 32.1. The monoisotopic (exact) mass is 374 g/mol. The second kappa shape index (κ2) is 6.83. The van der Waals surface area contributed by atoms with Crippen LogP contribution in [0.15, 0.2) is 11.1 Å². The van der Waals surface area contributed by atoms with Crippen LogP contribution in [0.1, 0.15) is 36.1 Å². The van der Waals surface area contributed by atoms with Crippen LogP contribution in [0.5, 0.6) is 0 Å². The molecule has 2 N–H and O–H groups in total. The van der Waals surface area contributed by atoms with E-state index in [2.05, 4.69) is 4.98 Å². The Kier molecular flexibility index (Phi) is 4.52. The van der Waals surface area contributed by atoms with Crippen LogP contribution in [0.2, 0.25) is 0 Å². The van der Waals surface area contributed by atoms with E-state index < -0.39 is 0 Å². The number of carbonyl (C=O) groups excluding carboxylic acids is 2. The molecule has 0 radical (unpaired) electrons. The molecule has 1 aliphatic carbocycles. The van der Waals surface area contributed by atoms with Crippen molar-refractivity contribution in [3.8, 4) is 0 Å². The minimum absolute atomic E-state index is 0.00632. The average Bonchev–Trinajstić information content (AvgIpc) is 3.03. The summed E-state index contributed by atoms with van der Waals surface area (Å²) in [5.41, 5.74) is 6.36. The molecule has 26 heavy (non-hydrogen) atoms. The number of carbonyl (C=O) groups is 2. The van der Waals surface area contributed by atoms with Gasteiger partial charge < -0.3 is 10.6 Å². The van der Waals surface area contributed by atoms with Crippen molar-refractivity contribution in [3.63, 3.8) is 0 Å². The molecule has 8 heteroatoms.